The molecule has 1 aliphatic carbocycles. The number of ether oxygens (including phenoxy) is 2. The molecule has 2 aromatic heterocycles. The number of benzene rings is 2. The zero-order valence-electron chi connectivity index (χ0n) is 24.4. The lowest BCUT2D eigenvalue weighted by molar-refractivity contribution is -0.127. The summed E-state index contributed by atoms with van der Waals surface area (Å²) in [6, 6.07) is 14.3. The van der Waals surface area contributed by atoms with Crippen LogP contribution in [0.5, 0.6) is 11.5 Å². The Balaban J connectivity index is 1.28. The fourth-order valence-corrected chi connectivity index (χ4v) is 6.12. The van der Waals surface area contributed by atoms with E-state index in [9.17, 15) is 9.59 Å². The van der Waals surface area contributed by atoms with Crippen LogP contribution in [0.3, 0.4) is 0 Å². The number of nitrogen functional groups attached to an aromatic ring is 1. The number of anilines is 2. The molecule has 0 spiro atoms. The molecule has 0 bridgehead atoms. The van der Waals surface area contributed by atoms with Gasteiger partial charge in [0.2, 0.25) is 18.6 Å². The molecule has 1 atom stereocenters. The number of nitrogens with one attached hydrogen (secondary N) is 1. The molecule has 2 amide bonds. The van der Waals surface area contributed by atoms with E-state index in [0.717, 1.165) is 76.9 Å². The summed E-state index contributed by atoms with van der Waals surface area (Å²) in [5.41, 5.74) is 14.0. The molecule has 9 heteroatoms. The third kappa shape index (κ3) is 5.15. The molecule has 9 nitrogen and oxygen atoms in total. The molecule has 42 heavy (non-hydrogen) atoms. The first-order valence-corrected chi connectivity index (χ1v) is 14.6. The predicted octanol–water partition coefficient (Wildman–Crippen LogP) is 4.62. The van der Waals surface area contributed by atoms with Crippen molar-refractivity contribution < 1.29 is 19.1 Å². The van der Waals surface area contributed by atoms with Crippen LogP contribution in [0.1, 0.15) is 47.3 Å². The predicted molar refractivity (Wildman–Crippen MR) is 163 cm³/mol. The first-order chi connectivity index (χ1) is 20.3. The van der Waals surface area contributed by atoms with E-state index in [1.807, 2.05) is 54.8 Å². The van der Waals surface area contributed by atoms with Crippen molar-refractivity contribution >= 4 is 34.2 Å². The summed E-state index contributed by atoms with van der Waals surface area (Å²) in [5, 5.41) is 3.97. The lowest BCUT2D eigenvalue weighted by atomic mass is 10.0. The van der Waals surface area contributed by atoms with Gasteiger partial charge in [0.25, 0.3) is 0 Å². The SMILES string of the molecule is Cc1c(C)n(CC(=O)NC(Cc2ccccc2)C(=O)N(C)c2ccc3c(c2)OCO3)c2nc3c(c(N)c12)CCCCC3. The molecular weight excluding hydrogens is 530 g/mol. The Labute approximate surface area is 245 Å². The molecule has 218 valence electrons. The van der Waals surface area contributed by atoms with Crippen LogP contribution in [0.4, 0.5) is 11.4 Å². The number of hydrogen-bond acceptors (Lipinski definition) is 6. The van der Waals surface area contributed by atoms with Crippen molar-refractivity contribution in [1.29, 1.82) is 0 Å². The molecule has 2 aromatic carbocycles. The minimum absolute atomic E-state index is 0.0354. The third-order valence-corrected chi connectivity index (χ3v) is 8.62. The largest absolute Gasteiger partial charge is 0.454 e. The average molecular weight is 568 g/mol. The van der Waals surface area contributed by atoms with Gasteiger partial charge in [-0.1, -0.05) is 36.8 Å². The average Bonchev–Trinajstić information content (AvgIpc) is 3.45. The third-order valence-electron chi connectivity index (χ3n) is 8.62. The van der Waals surface area contributed by atoms with Gasteiger partial charge < -0.3 is 30.0 Å². The Morgan fingerprint density at radius 3 is 2.62 bits per heavy atom. The van der Waals surface area contributed by atoms with E-state index in [4.69, 9.17) is 20.2 Å². The number of hydrogen-bond donors (Lipinski definition) is 2. The Bertz CT molecular complexity index is 1660. The van der Waals surface area contributed by atoms with Crippen molar-refractivity contribution in [2.45, 2.75) is 65.0 Å². The summed E-state index contributed by atoms with van der Waals surface area (Å²) in [7, 11) is 1.70. The Morgan fingerprint density at radius 1 is 1.05 bits per heavy atom. The van der Waals surface area contributed by atoms with Crippen molar-refractivity contribution in [2.75, 3.05) is 24.5 Å². The fourth-order valence-electron chi connectivity index (χ4n) is 6.12. The first-order valence-electron chi connectivity index (χ1n) is 14.6. The molecule has 0 fully saturated rings. The van der Waals surface area contributed by atoms with Gasteiger partial charge in [-0.15, -0.1) is 0 Å². The van der Waals surface area contributed by atoms with E-state index in [1.54, 1.807) is 24.1 Å². The van der Waals surface area contributed by atoms with E-state index >= 15 is 0 Å². The van der Waals surface area contributed by atoms with Crippen LogP contribution in [-0.4, -0.2) is 41.2 Å². The summed E-state index contributed by atoms with van der Waals surface area (Å²) >= 11 is 0. The van der Waals surface area contributed by atoms with E-state index in [-0.39, 0.29) is 25.2 Å². The minimum atomic E-state index is -0.784. The van der Waals surface area contributed by atoms with Gasteiger partial charge in [-0.3, -0.25) is 9.59 Å². The number of nitrogens with zero attached hydrogens (tertiary/aromatic N) is 3. The molecule has 0 saturated carbocycles. The van der Waals surface area contributed by atoms with Gasteiger partial charge >= 0.3 is 0 Å². The van der Waals surface area contributed by atoms with Crippen molar-refractivity contribution in [1.82, 2.24) is 14.9 Å². The second-order valence-electron chi connectivity index (χ2n) is 11.3. The second-order valence-corrected chi connectivity index (χ2v) is 11.3. The maximum atomic E-state index is 13.9. The fraction of sp³-hybridized carbons (Fsp3) is 0.364. The van der Waals surface area contributed by atoms with Crippen LogP contribution < -0.4 is 25.4 Å². The molecule has 0 radical (unpaired) electrons. The van der Waals surface area contributed by atoms with Gasteiger partial charge in [0.05, 0.1) is 0 Å². The smallest absolute Gasteiger partial charge is 0.249 e. The number of likely N-dealkylation sites (N-methyl/N-ethyl adjacent to an activating group) is 1. The van der Waals surface area contributed by atoms with Crippen molar-refractivity contribution in [3.63, 3.8) is 0 Å². The number of aromatic nitrogens is 2. The number of carbonyl (C=O) groups excluding carboxylic acids is 2. The number of carbonyl (C=O) groups is 2. The molecular formula is C33H37N5O4. The van der Waals surface area contributed by atoms with Crippen LogP contribution in [0.25, 0.3) is 11.0 Å². The van der Waals surface area contributed by atoms with Gasteiger partial charge in [-0.2, -0.15) is 0 Å². The normalized spacial score (nSPS) is 14.7. The number of amides is 2. The standard InChI is InChI=1S/C33H37N5O4/c1-20-21(2)38(32-30(20)31(34)24-12-8-5-9-13-25(24)36-32)18-29(39)35-26(16-22-10-6-4-7-11-22)33(40)37(3)23-14-15-27-28(17-23)42-19-41-27/h4,6-7,10-11,14-15,17,26H,5,8-9,12-13,16,18-19H2,1-3H3,(H2,34,36)(H,35,39). The monoisotopic (exact) mass is 567 g/mol. The summed E-state index contributed by atoms with van der Waals surface area (Å²) in [4.78, 5) is 34.1. The highest BCUT2D eigenvalue weighted by atomic mass is 16.7. The van der Waals surface area contributed by atoms with E-state index in [0.29, 0.717) is 23.6 Å². The lowest BCUT2D eigenvalue weighted by Gasteiger charge is -2.25. The van der Waals surface area contributed by atoms with Gasteiger partial charge in [-0.25, -0.2) is 4.98 Å². The summed E-state index contributed by atoms with van der Waals surface area (Å²) in [6.45, 7) is 4.22. The zero-order chi connectivity index (χ0) is 29.4. The molecule has 3 N–H and O–H groups in total. The number of nitrogens with two attached hydrogens (primary N) is 1. The highest BCUT2D eigenvalue weighted by molar-refractivity contribution is 6.00. The molecule has 4 aromatic rings. The van der Waals surface area contributed by atoms with Gasteiger partial charge in [0.15, 0.2) is 11.5 Å². The highest BCUT2D eigenvalue weighted by Crippen LogP contribution is 2.36. The molecule has 2 aliphatic rings. The van der Waals surface area contributed by atoms with Gasteiger partial charge in [0.1, 0.15) is 18.2 Å². The Kier molecular flexibility index (Phi) is 7.49. The van der Waals surface area contributed by atoms with Crippen LogP contribution in [-0.2, 0) is 35.4 Å². The van der Waals surface area contributed by atoms with Crippen LogP contribution >= 0.6 is 0 Å². The highest BCUT2D eigenvalue weighted by Gasteiger charge is 2.28. The number of rotatable bonds is 7. The topological polar surface area (TPSA) is 112 Å². The van der Waals surface area contributed by atoms with Crippen molar-refractivity contribution in [3.05, 3.63) is 76.6 Å². The molecule has 0 saturated heterocycles. The maximum Gasteiger partial charge on any atom is 0.249 e. The maximum absolute atomic E-state index is 13.9. The first kappa shape index (κ1) is 27.6. The van der Waals surface area contributed by atoms with Gasteiger partial charge in [-0.05, 0) is 68.4 Å². The summed E-state index contributed by atoms with van der Waals surface area (Å²) in [6.07, 6.45) is 5.55. The minimum Gasteiger partial charge on any atom is -0.454 e. The van der Waals surface area contributed by atoms with Crippen molar-refractivity contribution in [2.24, 2.45) is 0 Å². The summed E-state index contributed by atoms with van der Waals surface area (Å²) in [5.74, 6) is 0.734. The second kappa shape index (κ2) is 11.4. The molecule has 6 rings (SSSR count). The molecule has 3 heterocycles. The van der Waals surface area contributed by atoms with Crippen molar-refractivity contribution in [3.8, 4) is 11.5 Å². The van der Waals surface area contributed by atoms with Gasteiger partial charge in [0, 0.05) is 47.7 Å². The number of pyridine rings is 1. The number of fused-ring (bicyclic) bond motifs is 3. The van der Waals surface area contributed by atoms with Crippen LogP contribution in [0.2, 0.25) is 0 Å². The number of aryl methyl sites for hydroxylation is 2. The Morgan fingerprint density at radius 2 is 1.81 bits per heavy atom. The molecule has 1 unspecified atom stereocenters. The van der Waals surface area contributed by atoms with Crippen LogP contribution in [0.15, 0.2) is 48.5 Å². The molecule has 1 aliphatic heterocycles. The quantitative estimate of drug-likeness (QED) is 0.315. The van der Waals surface area contributed by atoms with Crippen LogP contribution in [0, 0.1) is 13.8 Å². The lowest BCUT2D eigenvalue weighted by Crippen LogP contribution is -2.49. The van der Waals surface area contributed by atoms with E-state index in [2.05, 4.69) is 5.32 Å². The Hall–Kier alpha value is -4.53. The zero-order valence-corrected chi connectivity index (χ0v) is 24.4. The summed E-state index contributed by atoms with van der Waals surface area (Å²) < 4.78 is 12.9. The van der Waals surface area contributed by atoms with E-state index in [1.165, 1.54) is 0 Å². The van der Waals surface area contributed by atoms with E-state index < -0.39 is 6.04 Å².